The number of hydrogen-bond donors (Lipinski definition) is 1. The summed E-state index contributed by atoms with van der Waals surface area (Å²) in [7, 11) is 0. The summed E-state index contributed by atoms with van der Waals surface area (Å²) in [5.74, 6) is 0.445. The van der Waals surface area contributed by atoms with Crippen LogP contribution in [0, 0.1) is 13.8 Å². The zero-order chi connectivity index (χ0) is 20.8. The second kappa shape index (κ2) is 9.59. The highest BCUT2D eigenvalue weighted by Crippen LogP contribution is 2.23. The maximum Gasteiger partial charge on any atom is 0.265 e. The van der Waals surface area contributed by atoms with Crippen LogP contribution in [0.25, 0.3) is 0 Å². The van der Waals surface area contributed by atoms with E-state index in [1.807, 2.05) is 56.0 Å². The Morgan fingerprint density at radius 3 is 2.52 bits per heavy atom. The topological polar surface area (TPSA) is 58.6 Å². The number of nitrogens with one attached hydrogen (secondary N) is 1. The van der Waals surface area contributed by atoms with Crippen molar-refractivity contribution in [2.75, 3.05) is 18.4 Å². The number of nitrogens with zero attached hydrogens (tertiary/aromatic N) is 1. The smallest absolute Gasteiger partial charge is 0.265 e. The Kier molecular flexibility index (Phi) is 6.91. The largest absolute Gasteiger partial charge is 0.480 e. The number of carbonyl (C=O) groups is 2. The lowest BCUT2D eigenvalue weighted by Gasteiger charge is -2.27. The number of anilines is 1. The van der Waals surface area contributed by atoms with Crippen molar-refractivity contribution in [1.29, 1.82) is 0 Å². The van der Waals surface area contributed by atoms with Gasteiger partial charge in [-0.2, -0.15) is 0 Å². The van der Waals surface area contributed by atoms with Crippen LogP contribution in [0.2, 0.25) is 0 Å². The van der Waals surface area contributed by atoms with Gasteiger partial charge in [-0.3, -0.25) is 9.59 Å². The molecule has 0 saturated carbocycles. The van der Waals surface area contributed by atoms with E-state index in [1.165, 1.54) is 0 Å². The van der Waals surface area contributed by atoms with E-state index in [0.29, 0.717) is 23.4 Å². The van der Waals surface area contributed by atoms with E-state index >= 15 is 0 Å². The molecule has 0 spiro atoms. The fraction of sp³-hybridized carbons (Fsp3) is 0.417. The molecule has 0 bridgehead atoms. The van der Waals surface area contributed by atoms with Gasteiger partial charge in [-0.1, -0.05) is 31.2 Å². The standard InChI is InChI=1S/C24H30N2O3/c1-4-21(29-22-16-17(2)12-13-18(22)3)23(27)25-20-11-7-6-10-19(20)24(28)26-14-8-5-9-15-26/h6-7,10-13,16,21H,4-5,8-9,14-15H2,1-3H3,(H,25,27)/t21-/m1/s1. The maximum atomic E-state index is 13.0. The molecule has 5 nitrogen and oxygen atoms in total. The number of benzene rings is 2. The van der Waals surface area contributed by atoms with Crippen molar-refractivity contribution in [2.45, 2.75) is 52.6 Å². The minimum atomic E-state index is -0.631. The average molecular weight is 395 g/mol. The van der Waals surface area contributed by atoms with Crippen LogP contribution >= 0.6 is 0 Å². The van der Waals surface area contributed by atoms with Crippen molar-refractivity contribution in [3.8, 4) is 5.75 Å². The van der Waals surface area contributed by atoms with Crippen LogP contribution in [-0.2, 0) is 4.79 Å². The first-order valence-corrected chi connectivity index (χ1v) is 10.4. The molecule has 29 heavy (non-hydrogen) atoms. The molecule has 0 unspecified atom stereocenters. The fourth-order valence-corrected chi connectivity index (χ4v) is 3.57. The Balaban J connectivity index is 1.75. The Bertz CT molecular complexity index is 872. The first-order valence-electron chi connectivity index (χ1n) is 10.4. The lowest BCUT2D eigenvalue weighted by atomic mass is 10.1. The molecule has 1 N–H and O–H groups in total. The van der Waals surface area contributed by atoms with Crippen LogP contribution < -0.4 is 10.1 Å². The number of likely N-dealkylation sites (tertiary alicyclic amines) is 1. The molecule has 0 aliphatic carbocycles. The Morgan fingerprint density at radius 2 is 1.79 bits per heavy atom. The summed E-state index contributed by atoms with van der Waals surface area (Å²) in [5, 5.41) is 2.92. The van der Waals surface area contributed by atoms with Gasteiger partial charge in [0, 0.05) is 13.1 Å². The number of aryl methyl sites for hydroxylation is 2. The highest BCUT2D eigenvalue weighted by Gasteiger charge is 2.24. The van der Waals surface area contributed by atoms with Gasteiger partial charge >= 0.3 is 0 Å². The van der Waals surface area contributed by atoms with Gasteiger partial charge in [0.1, 0.15) is 5.75 Å². The van der Waals surface area contributed by atoms with Gasteiger partial charge in [0.05, 0.1) is 11.3 Å². The van der Waals surface area contributed by atoms with Crippen LogP contribution in [0.1, 0.15) is 54.1 Å². The van der Waals surface area contributed by atoms with Gasteiger partial charge in [0.25, 0.3) is 11.8 Å². The minimum absolute atomic E-state index is 0.0240. The third-order valence-corrected chi connectivity index (χ3v) is 5.33. The zero-order valence-corrected chi connectivity index (χ0v) is 17.5. The van der Waals surface area contributed by atoms with Crippen LogP contribution in [0.5, 0.6) is 5.75 Å². The number of para-hydroxylation sites is 1. The molecule has 1 aliphatic rings. The van der Waals surface area contributed by atoms with E-state index < -0.39 is 6.10 Å². The summed E-state index contributed by atoms with van der Waals surface area (Å²) in [6.07, 6.45) is 3.12. The summed E-state index contributed by atoms with van der Waals surface area (Å²) in [6.45, 7) is 7.42. The van der Waals surface area contributed by atoms with Crippen molar-refractivity contribution in [3.63, 3.8) is 0 Å². The summed E-state index contributed by atoms with van der Waals surface area (Å²) < 4.78 is 6.02. The molecule has 2 aromatic rings. The predicted molar refractivity (Wildman–Crippen MR) is 115 cm³/mol. The number of ether oxygens (including phenoxy) is 1. The third-order valence-electron chi connectivity index (χ3n) is 5.33. The molecule has 154 valence electrons. The lowest BCUT2D eigenvalue weighted by Crippen LogP contribution is -2.37. The molecule has 1 atom stereocenters. The number of amides is 2. The highest BCUT2D eigenvalue weighted by atomic mass is 16.5. The highest BCUT2D eigenvalue weighted by molar-refractivity contribution is 6.04. The van der Waals surface area contributed by atoms with E-state index in [4.69, 9.17) is 4.74 Å². The SMILES string of the molecule is CC[C@@H](Oc1cc(C)ccc1C)C(=O)Nc1ccccc1C(=O)N1CCCCC1. The zero-order valence-electron chi connectivity index (χ0n) is 17.5. The average Bonchev–Trinajstić information content (AvgIpc) is 2.74. The van der Waals surface area contributed by atoms with Gasteiger partial charge in [-0.25, -0.2) is 0 Å². The quantitative estimate of drug-likeness (QED) is 0.771. The molecule has 2 amide bonds. The van der Waals surface area contributed by atoms with Crippen LogP contribution in [0.3, 0.4) is 0 Å². The normalized spacial score (nSPS) is 14.9. The molecule has 1 fully saturated rings. The predicted octanol–water partition coefficient (Wildman–Crippen LogP) is 4.73. The number of hydrogen-bond acceptors (Lipinski definition) is 3. The van der Waals surface area contributed by atoms with Crippen molar-refractivity contribution < 1.29 is 14.3 Å². The molecule has 2 aromatic carbocycles. The first kappa shape index (κ1) is 20.9. The van der Waals surface area contributed by atoms with E-state index in [0.717, 1.165) is 43.5 Å². The molecule has 1 aliphatic heterocycles. The molecule has 5 heteroatoms. The lowest BCUT2D eigenvalue weighted by molar-refractivity contribution is -0.122. The van der Waals surface area contributed by atoms with Crippen molar-refractivity contribution in [3.05, 3.63) is 59.2 Å². The third kappa shape index (κ3) is 5.17. The van der Waals surface area contributed by atoms with Gasteiger partial charge < -0.3 is 15.0 Å². The minimum Gasteiger partial charge on any atom is -0.480 e. The molecule has 0 aromatic heterocycles. The molecule has 3 rings (SSSR count). The molecule has 1 saturated heterocycles. The maximum absolute atomic E-state index is 13.0. The molecular weight excluding hydrogens is 364 g/mol. The van der Waals surface area contributed by atoms with E-state index in [-0.39, 0.29) is 11.8 Å². The second-order valence-corrected chi connectivity index (χ2v) is 7.67. The van der Waals surface area contributed by atoms with Gasteiger partial charge in [-0.05, 0) is 68.9 Å². The van der Waals surface area contributed by atoms with Gasteiger partial charge in [0.2, 0.25) is 0 Å². The summed E-state index contributed by atoms with van der Waals surface area (Å²) in [6, 6.07) is 13.2. The van der Waals surface area contributed by atoms with E-state index in [9.17, 15) is 9.59 Å². The molecule has 1 heterocycles. The van der Waals surface area contributed by atoms with Gasteiger partial charge in [0.15, 0.2) is 6.10 Å². The van der Waals surface area contributed by atoms with Gasteiger partial charge in [-0.15, -0.1) is 0 Å². The van der Waals surface area contributed by atoms with E-state index in [2.05, 4.69) is 5.32 Å². The summed E-state index contributed by atoms with van der Waals surface area (Å²) in [4.78, 5) is 27.8. The summed E-state index contributed by atoms with van der Waals surface area (Å²) >= 11 is 0. The van der Waals surface area contributed by atoms with Crippen LogP contribution in [0.4, 0.5) is 5.69 Å². The number of piperidine rings is 1. The Hall–Kier alpha value is -2.82. The fourth-order valence-electron chi connectivity index (χ4n) is 3.57. The van der Waals surface area contributed by atoms with Crippen molar-refractivity contribution >= 4 is 17.5 Å². The van der Waals surface area contributed by atoms with Crippen LogP contribution in [-0.4, -0.2) is 35.9 Å². The molecule has 0 radical (unpaired) electrons. The second-order valence-electron chi connectivity index (χ2n) is 7.67. The number of rotatable bonds is 6. The Labute approximate surface area is 173 Å². The summed E-state index contributed by atoms with van der Waals surface area (Å²) in [5.41, 5.74) is 3.14. The Morgan fingerprint density at radius 1 is 1.07 bits per heavy atom. The van der Waals surface area contributed by atoms with Crippen molar-refractivity contribution in [1.82, 2.24) is 4.90 Å². The molecular formula is C24H30N2O3. The first-order chi connectivity index (χ1) is 14.0. The monoisotopic (exact) mass is 394 g/mol. The van der Waals surface area contributed by atoms with Crippen LogP contribution in [0.15, 0.2) is 42.5 Å². The number of carbonyl (C=O) groups excluding carboxylic acids is 2. The van der Waals surface area contributed by atoms with Crippen molar-refractivity contribution in [2.24, 2.45) is 0 Å². The van der Waals surface area contributed by atoms with E-state index in [1.54, 1.807) is 12.1 Å².